The number of carbonyl (C=O) groups excluding carboxylic acids is 2. The molecule has 8 heteroatoms. The van der Waals surface area contributed by atoms with E-state index in [1.165, 1.54) is 18.2 Å². The molecule has 1 aromatic rings. The molecule has 0 aliphatic carbocycles. The first-order valence-electron chi connectivity index (χ1n) is 8.38. The van der Waals surface area contributed by atoms with Crippen LogP contribution >= 0.6 is 0 Å². The summed E-state index contributed by atoms with van der Waals surface area (Å²) >= 11 is 0. The van der Waals surface area contributed by atoms with Gasteiger partial charge in [-0.15, -0.1) is 0 Å². The van der Waals surface area contributed by atoms with E-state index in [1.54, 1.807) is 27.7 Å². The number of benzene rings is 1. The predicted octanol–water partition coefficient (Wildman–Crippen LogP) is 2.47. The molecule has 0 fully saturated rings. The molecule has 1 aromatic carbocycles. The van der Waals surface area contributed by atoms with E-state index in [-0.39, 0.29) is 24.1 Å². The molecule has 0 spiro atoms. The fourth-order valence-electron chi connectivity index (χ4n) is 2.85. The van der Waals surface area contributed by atoms with Gasteiger partial charge in [0.15, 0.2) is 0 Å². The SMILES string of the molecule is CC[C@H](NC(=O)OC(C)(C)C)C(=O)N1c2cccc(F)c2CC1C(=O)O. The van der Waals surface area contributed by atoms with Gasteiger partial charge in [-0.1, -0.05) is 13.0 Å². The average molecular weight is 366 g/mol. The third-order valence-electron chi connectivity index (χ3n) is 3.98. The number of aliphatic carboxylic acids is 1. The average Bonchev–Trinajstić information content (AvgIpc) is 2.91. The second-order valence-electron chi connectivity index (χ2n) is 7.11. The first-order chi connectivity index (χ1) is 12.0. The van der Waals surface area contributed by atoms with Crippen LogP contribution in [0, 0.1) is 5.82 Å². The summed E-state index contributed by atoms with van der Waals surface area (Å²) in [6.07, 6.45) is -0.666. The molecule has 1 unspecified atom stereocenters. The largest absolute Gasteiger partial charge is 0.480 e. The predicted molar refractivity (Wildman–Crippen MR) is 92.5 cm³/mol. The molecule has 1 heterocycles. The molecule has 2 rings (SSSR count). The van der Waals surface area contributed by atoms with Crippen LogP contribution in [-0.2, 0) is 20.7 Å². The zero-order chi connectivity index (χ0) is 19.6. The lowest BCUT2D eigenvalue weighted by molar-refractivity contribution is -0.140. The van der Waals surface area contributed by atoms with E-state index in [2.05, 4.69) is 5.32 Å². The number of ether oxygens (including phenoxy) is 1. The molecule has 7 nitrogen and oxygen atoms in total. The van der Waals surface area contributed by atoms with Crippen molar-refractivity contribution in [3.8, 4) is 0 Å². The minimum Gasteiger partial charge on any atom is -0.480 e. The smallest absolute Gasteiger partial charge is 0.408 e. The molecular weight excluding hydrogens is 343 g/mol. The Morgan fingerprint density at radius 1 is 1.38 bits per heavy atom. The second kappa shape index (κ2) is 7.31. The van der Waals surface area contributed by atoms with Gasteiger partial charge in [-0.25, -0.2) is 14.0 Å². The van der Waals surface area contributed by atoms with Crippen LogP contribution in [0.2, 0.25) is 0 Å². The maximum atomic E-state index is 14.0. The Labute approximate surface area is 151 Å². The van der Waals surface area contributed by atoms with Gasteiger partial charge in [-0.2, -0.15) is 0 Å². The maximum Gasteiger partial charge on any atom is 0.408 e. The number of amides is 2. The molecule has 142 valence electrons. The monoisotopic (exact) mass is 366 g/mol. The first-order valence-corrected chi connectivity index (χ1v) is 8.38. The Hall–Kier alpha value is -2.64. The minimum absolute atomic E-state index is 0.119. The molecule has 0 saturated heterocycles. The third-order valence-corrected chi connectivity index (χ3v) is 3.98. The van der Waals surface area contributed by atoms with Gasteiger partial charge in [0.25, 0.3) is 5.91 Å². The van der Waals surface area contributed by atoms with Crippen molar-refractivity contribution in [2.45, 2.75) is 58.2 Å². The lowest BCUT2D eigenvalue weighted by Crippen LogP contribution is -2.53. The van der Waals surface area contributed by atoms with E-state index in [0.29, 0.717) is 0 Å². The zero-order valence-corrected chi connectivity index (χ0v) is 15.2. The maximum absolute atomic E-state index is 14.0. The summed E-state index contributed by atoms with van der Waals surface area (Å²) in [4.78, 5) is 37.6. The van der Waals surface area contributed by atoms with Crippen LogP contribution in [0.1, 0.15) is 39.7 Å². The van der Waals surface area contributed by atoms with Crippen molar-refractivity contribution in [2.24, 2.45) is 0 Å². The van der Waals surface area contributed by atoms with Crippen molar-refractivity contribution < 1.29 is 28.6 Å². The topological polar surface area (TPSA) is 95.9 Å². The van der Waals surface area contributed by atoms with Crippen LogP contribution < -0.4 is 10.2 Å². The van der Waals surface area contributed by atoms with Crippen molar-refractivity contribution >= 4 is 23.7 Å². The Bertz CT molecular complexity index is 729. The summed E-state index contributed by atoms with van der Waals surface area (Å²) < 4.78 is 19.2. The van der Waals surface area contributed by atoms with E-state index < -0.39 is 41.5 Å². The summed E-state index contributed by atoms with van der Waals surface area (Å²) in [7, 11) is 0. The van der Waals surface area contributed by atoms with Gasteiger partial charge < -0.3 is 15.2 Å². The number of carboxylic acid groups (broad SMARTS) is 1. The summed E-state index contributed by atoms with van der Waals surface area (Å²) in [5.74, 6) is -2.41. The molecule has 26 heavy (non-hydrogen) atoms. The number of carbonyl (C=O) groups is 3. The van der Waals surface area contributed by atoms with Crippen LogP contribution in [0.5, 0.6) is 0 Å². The van der Waals surface area contributed by atoms with E-state index >= 15 is 0 Å². The molecule has 0 aromatic heterocycles. The van der Waals surface area contributed by atoms with Crippen LogP contribution in [0.4, 0.5) is 14.9 Å². The third kappa shape index (κ3) is 4.12. The highest BCUT2D eigenvalue weighted by atomic mass is 19.1. The summed E-state index contributed by atoms with van der Waals surface area (Å²) in [5.41, 5.74) is -0.342. The molecule has 1 aliphatic rings. The van der Waals surface area contributed by atoms with Crippen LogP contribution in [-0.4, -0.2) is 40.8 Å². The van der Waals surface area contributed by atoms with Gasteiger partial charge in [-0.3, -0.25) is 9.69 Å². The summed E-state index contributed by atoms with van der Waals surface area (Å²) in [6.45, 7) is 6.75. The van der Waals surface area contributed by atoms with Crippen LogP contribution in [0.25, 0.3) is 0 Å². The van der Waals surface area contributed by atoms with E-state index in [4.69, 9.17) is 4.74 Å². The number of rotatable bonds is 4. The number of halogens is 1. The number of anilines is 1. The Morgan fingerprint density at radius 3 is 2.58 bits per heavy atom. The zero-order valence-electron chi connectivity index (χ0n) is 15.2. The van der Waals surface area contributed by atoms with Gasteiger partial charge in [0.2, 0.25) is 0 Å². The fraction of sp³-hybridized carbons (Fsp3) is 0.500. The Morgan fingerprint density at radius 2 is 2.04 bits per heavy atom. The Balaban J connectivity index is 2.28. The molecule has 2 N–H and O–H groups in total. The number of nitrogens with one attached hydrogen (secondary N) is 1. The molecule has 1 aliphatic heterocycles. The molecule has 2 atom stereocenters. The number of alkyl carbamates (subject to hydrolysis) is 1. The highest BCUT2D eigenvalue weighted by Gasteiger charge is 2.42. The fourth-order valence-corrected chi connectivity index (χ4v) is 2.85. The van der Waals surface area contributed by atoms with Gasteiger partial charge in [-0.05, 0) is 39.3 Å². The normalized spacial score (nSPS) is 17.4. The van der Waals surface area contributed by atoms with Crippen LogP contribution in [0.15, 0.2) is 18.2 Å². The molecule has 0 radical (unpaired) electrons. The van der Waals surface area contributed by atoms with Crippen molar-refractivity contribution in [3.05, 3.63) is 29.6 Å². The van der Waals surface area contributed by atoms with Gasteiger partial charge in [0.05, 0.1) is 5.69 Å². The van der Waals surface area contributed by atoms with Crippen molar-refractivity contribution in [3.63, 3.8) is 0 Å². The quantitative estimate of drug-likeness (QED) is 0.853. The number of hydrogen-bond acceptors (Lipinski definition) is 4. The lowest BCUT2D eigenvalue weighted by Gasteiger charge is -2.28. The van der Waals surface area contributed by atoms with Crippen molar-refractivity contribution in [1.29, 1.82) is 0 Å². The van der Waals surface area contributed by atoms with Crippen molar-refractivity contribution in [2.75, 3.05) is 4.90 Å². The molecule has 0 saturated carbocycles. The number of fused-ring (bicyclic) bond motifs is 1. The molecule has 0 bridgehead atoms. The number of nitrogens with zero attached hydrogens (tertiary/aromatic N) is 1. The van der Waals surface area contributed by atoms with E-state index in [9.17, 15) is 23.9 Å². The summed E-state index contributed by atoms with van der Waals surface area (Å²) in [5, 5.41) is 11.9. The minimum atomic E-state index is -1.24. The van der Waals surface area contributed by atoms with Gasteiger partial charge in [0.1, 0.15) is 23.5 Å². The molecule has 2 amide bonds. The molecular formula is C18H23FN2O5. The highest BCUT2D eigenvalue weighted by molar-refractivity contribution is 6.05. The van der Waals surface area contributed by atoms with Crippen LogP contribution in [0.3, 0.4) is 0 Å². The Kier molecular flexibility index (Phi) is 5.53. The number of carboxylic acids is 1. The van der Waals surface area contributed by atoms with Gasteiger partial charge >= 0.3 is 12.1 Å². The second-order valence-corrected chi connectivity index (χ2v) is 7.11. The lowest BCUT2D eigenvalue weighted by atomic mass is 10.1. The first kappa shape index (κ1) is 19.7. The number of hydrogen-bond donors (Lipinski definition) is 2. The highest BCUT2D eigenvalue weighted by Crippen LogP contribution is 2.34. The van der Waals surface area contributed by atoms with E-state index in [1.807, 2.05) is 0 Å². The standard InChI is InChI=1S/C18H23FN2O5/c1-5-12(20-17(25)26-18(2,3)4)15(22)21-13-8-6-7-11(19)10(13)9-14(21)16(23)24/h6-8,12,14H,5,9H2,1-4H3,(H,20,25)(H,23,24)/t12-,14?/m0/s1. The van der Waals surface area contributed by atoms with Crippen molar-refractivity contribution in [1.82, 2.24) is 5.32 Å². The van der Waals surface area contributed by atoms with Gasteiger partial charge in [0, 0.05) is 12.0 Å². The summed E-state index contributed by atoms with van der Waals surface area (Å²) in [6, 6.07) is 1.94. The van der Waals surface area contributed by atoms with E-state index in [0.717, 1.165) is 4.90 Å².